The summed E-state index contributed by atoms with van der Waals surface area (Å²) >= 11 is 6.13. The maximum absolute atomic E-state index is 6.13. The largest absolute Gasteiger partial charge is 0.329 e. The van der Waals surface area contributed by atoms with E-state index < -0.39 is 0 Å². The lowest BCUT2D eigenvalue weighted by Gasteiger charge is -2.22. The number of hydrogen-bond acceptors (Lipinski definition) is 3. The Labute approximate surface area is 136 Å². The Balaban J connectivity index is 1.73. The summed E-state index contributed by atoms with van der Waals surface area (Å²) in [5.41, 5.74) is 7.88. The first kappa shape index (κ1) is 15.5. The molecule has 118 valence electrons. The number of aryl methyl sites for hydroxylation is 1. The summed E-state index contributed by atoms with van der Waals surface area (Å²) in [4.78, 5) is 4.48. The molecule has 3 rings (SSSR count). The number of benzene rings is 1. The SMILES string of the molecule is NCc1ccc(-c2nc(Cl)cn2CCC2CCNCC2)cc1. The second-order valence-corrected chi connectivity index (χ2v) is 6.35. The van der Waals surface area contributed by atoms with Gasteiger partial charge in [-0.1, -0.05) is 35.9 Å². The van der Waals surface area contributed by atoms with Gasteiger partial charge in [-0.05, 0) is 43.8 Å². The number of aromatic nitrogens is 2. The smallest absolute Gasteiger partial charge is 0.147 e. The van der Waals surface area contributed by atoms with E-state index in [1.54, 1.807) is 0 Å². The highest BCUT2D eigenvalue weighted by Crippen LogP contribution is 2.24. The molecule has 3 N–H and O–H groups in total. The molecule has 0 radical (unpaired) electrons. The van der Waals surface area contributed by atoms with Crippen LogP contribution in [0.15, 0.2) is 30.5 Å². The number of imidazole rings is 1. The van der Waals surface area contributed by atoms with Crippen LogP contribution >= 0.6 is 11.6 Å². The minimum absolute atomic E-state index is 0.559. The van der Waals surface area contributed by atoms with E-state index in [4.69, 9.17) is 17.3 Å². The van der Waals surface area contributed by atoms with Crippen LogP contribution in [0.2, 0.25) is 5.15 Å². The normalized spacial score (nSPS) is 16.1. The van der Waals surface area contributed by atoms with Crippen LogP contribution < -0.4 is 11.1 Å². The summed E-state index contributed by atoms with van der Waals surface area (Å²) in [7, 11) is 0. The molecule has 0 spiro atoms. The lowest BCUT2D eigenvalue weighted by Crippen LogP contribution is -2.28. The van der Waals surface area contributed by atoms with Crippen LogP contribution in [0.1, 0.15) is 24.8 Å². The molecule has 2 heterocycles. The summed E-state index contributed by atoms with van der Waals surface area (Å²) < 4.78 is 2.18. The molecule has 1 fully saturated rings. The molecule has 22 heavy (non-hydrogen) atoms. The molecule has 0 atom stereocenters. The molecule has 0 unspecified atom stereocenters. The molecule has 0 aliphatic carbocycles. The van der Waals surface area contributed by atoms with E-state index >= 15 is 0 Å². The predicted octanol–water partition coefficient (Wildman–Crippen LogP) is 3.05. The molecule has 4 nitrogen and oxygen atoms in total. The molecule has 1 aliphatic heterocycles. The van der Waals surface area contributed by atoms with Crippen molar-refractivity contribution in [2.45, 2.75) is 32.4 Å². The Bertz CT molecular complexity index is 600. The van der Waals surface area contributed by atoms with Gasteiger partial charge >= 0.3 is 0 Å². The van der Waals surface area contributed by atoms with Gasteiger partial charge in [0.15, 0.2) is 0 Å². The Kier molecular flexibility index (Phi) is 5.13. The average Bonchev–Trinajstić information content (AvgIpc) is 2.95. The van der Waals surface area contributed by atoms with E-state index in [1.807, 2.05) is 6.20 Å². The fraction of sp³-hybridized carbons (Fsp3) is 0.471. The van der Waals surface area contributed by atoms with Crippen LogP contribution in [0.4, 0.5) is 0 Å². The summed E-state index contributed by atoms with van der Waals surface area (Å²) in [5.74, 6) is 1.75. The van der Waals surface area contributed by atoms with Crippen molar-refractivity contribution >= 4 is 11.6 Å². The van der Waals surface area contributed by atoms with Gasteiger partial charge in [0.05, 0.1) is 0 Å². The van der Waals surface area contributed by atoms with Gasteiger partial charge in [0, 0.05) is 24.8 Å². The second-order valence-electron chi connectivity index (χ2n) is 5.96. The van der Waals surface area contributed by atoms with E-state index in [2.05, 4.69) is 39.1 Å². The van der Waals surface area contributed by atoms with Gasteiger partial charge in [-0.15, -0.1) is 0 Å². The molecule has 2 aromatic rings. The van der Waals surface area contributed by atoms with Crippen molar-refractivity contribution in [2.75, 3.05) is 13.1 Å². The van der Waals surface area contributed by atoms with Gasteiger partial charge in [0.1, 0.15) is 11.0 Å². The lowest BCUT2D eigenvalue weighted by atomic mass is 9.95. The third kappa shape index (κ3) is 3.69. The minimum Gasteiger partial charge on any atom is -0.329 e. The Morgan fingerprint density at radius 2 is 1.95 bits per heavy atom. The van der Waals surface area contributed by atoms with Gasteiger partial charge in [-0.2, -0.15) is 0 Å². The highest BCUT2D eigenvalue weighted by atomic mass is 35.5. The zero-order valence-corrected chi connectivity index (χ0v) is 13.5. The number of halogens is 1. The first-order chi connectivity index (χ1) is 10.8. The average molecular weight is 319 g/mol. The number of piperidine rings is 1. The summed E-state index contributed by atoms with van der Waals surface area (Å²) in [6, 6.07) is 8.24. The molecule has 1 aromatic carbocycles. The van der Waals surface area contributed by atoms with Crippen molar-refractivity contribution in [3.63, 3.8) is 0 Å². The number of nitrogens with zero attached hydrogens (tertiary/aromatic N) is 2. The van der Waals surface area contributed by atoms with Gasteiger partial charge in [-0.25, -0.2) is 4.98 Å². The molecule has 0 saturated carbocycles. The van der Waals surface area contributed by atoms with Crippen molar-refractivity contribution in [1.29, 1.82) is 0 Å². The maximum Gasteiger partial charge on any atom is 0.147 e. The molecular weight excluding hydrogens is 296 g/mol. The number of rotatable bonds is 5. The molecule has 1 saturated heterocycles. The first-order valence-electron chi connectivity index (χ1n) is 7.99. The van der Waals surface area contributed by atoms with E-state index in [1.165, 1.54) is 19.3 Å². The molecule has 1 aliphatic rings. The standard InChI is InChI=1S/C17H23ClN4/c18-16-12-22(10-7-13-5-8-20-9-6-13)17(21-16)15-3-1-14(11-19)2-4-15/h1-4,12-13,20H,5-11,19H2. The van der Waals surface area contributed by atoms with Gasteiger partial charge in [-0.3, -0.25) is 0 Å². The van der Waals surface area contributed by atoms with Crippen molar-refractivity contribution in [1.82, 2.24) is 14.9 Å². The highest BCUT2D eigenvalue weighted by Gasteiger charge is 2.15. The zero-order chi connectivity index (χ0) is 15.4. The van der Waals surface area contributed by atoms with E-state index in [0.717, 1.165) is 42.5 Å². The second kappa shape index (κ2) is 7.27. The van der Waals surface area contributed by atoms with Crippen LogP contribution in [-0.4, -0.2) is 22.6 Å². The third-order valence-corrected chi connectivity index (χ3v) is 4.61. The maximum atomic E-state index is 6.13. The Hall–Kier alpha value is -1.36. The van der Waals surface area contributed by atoms with Gasteiger partial charge in [0.2, 0.25) is 0 Å². The first-order valence-corrected chi connectivity index (χ1v) is 8.37. The van der Waals surface area contributed by atoms with Crippen LogP contribution in [-0.2, 0) is 13.1 Å². The van der Waals surface area contributed by atoms with Crippen molar-refractivity contribution in [3.8, 4) is 11.4 Å². The summed E-state index contributed by atoms with van der Waals surface area (Å²) in [6.07, 6.45) is 5.66. The molecular formula is C17H23ClN4. The van der Waals surface area contributed by atoms with Crippen molar-refractivity contribution in [2.24, 2.45) is 11.7 Å². The monoisotopic (exact) mass is 318 g/mol. The molecule has 0 amide bonds. The Morgan fingerprint density at radius 1 is 1.23 bits per heavy atom. The highest BCUT2D eigenvalue weighted by molar-refractivity contribution is 6.29. The van der Waals surface area contributed by atoms with Crippen LogP contribution in [0.25, 0.3) is 11.4 Å². The fourth-order valence-corrected chi connectivity index (χ4v) is 3.26. The minimum atomic E-state index is 0.559. The molecule has 5 heteroatoms. The zero-order valence-electron chi connectivity index (χ0n) is 12.8. The topological polar surface area (TPSA) is 55.9 Å². The van der Waals surface area contributed by atoms with Crippen LogP contribution in [0.5, 0.6) is 0 Å². The molecule has 1 aromatic heterocycles. The Morgan fingerprint density at radius 3 is 2.64 bits per heavy atom. The van der Waals surface area contributed by atoms with Crippen LogP contribution in [0, 0.1) is 5.92 Å². The summed E-state index contributed by atoms with van der Waals surface area (Å²) in [6.45, 7) is 3.81. The van der Waals surface area contributed by atoms with Gasteiger partial charge < -0.3 is 15.6 Å². The molecule has 0 bridgehead atoms. The number of nitrogens with one attached hydrogen (secondary N) is 1. The fourth-order valence-electron chi connectivity index (χ4n) is 3.07. The van der Waals surface area contributed by atoms with Crippen LogP contribution in [0.3, 0.4) is 0 Å². The van der Waals surface area contributed by atoms with Crippen molar-refractivity contribution in [3.05, 3.63) is 41.2 Å². The number of nitrogens with two attached hydrogens (primary N) is 1. The number of hydrogen-bond donors (Lipinski definition) is 2. The van der Waals surface area contributed by atoms with Crippen molar-refractivity contribution < 1.29 is 0 Å². The van der Waals surface area contributed by atoms with E-state index in [0.29, 0.717) is 11.7 Å². The predicted molar refractivity (Wildman–Crippen MR) is 90.8 cm³/mol. The van der Waals surface area contributed by atoms with Gasteiger partial charge in [0.25, 0.3) is 0 Å². The summed E-state index contributed by atoms with van der Waals surface area (Å²) in [5, 5.41) is 3.97. The lowest BCUT2D eigenvalue weighted by molar-refractivity contribution is 0.338. The van der Waals surface area contributed by atoms with E-state index in [9.17, 15) is 0 Å². The quantitative estimate of drug-likeness (QED) is 0.891. The van der Waals surface area contributed by atoms with E-state index in [-0.39, 0.29) is 0 Å². The third-order valence-electron chi connectivity index (χ3n) is 4.43.